The van der Waals surface area contributed by atoms with Crippen LogP contribution in [0, 0.1) is 20.2 Å². The van der Waals surface area contributed by atoms with Crippen molar-refractivity contribution in [2.24, 2.45) is 5.16 Å². The first-order valence-electron chi connectivity index (χ1n) is 9.79. The molecule has 1 aromatic carbocycles. The molecule has 12 nitrogen and oxygen atoms in total. The molecule has 1 aromatic rings. The fourth-order valence-electron chi connectivity index (χ4n) is 2.77. The van der Waals surface area contributed by atoms with Gasteiger partial charge in [0.05, 0.1) is 32.1 Å². The van der Waals surface area contributed by atoms with Crippen molar-refractivity contribution in [1.82, 2.24) is 0 Å². The molecule has 1 aliphatic carbocycles. The number of hydrogen-bond acceptors (Lipinski definition) is 10. The Labute approximate surface area is 200 Å². The van der Waals surface area contributed by atoms with Crippen molar-refractivity contribution in [3.8, 4) is 0 Å². The van der Waals surface area contributed by atoms with Crippen LogP contribution in [0.25, 0.3) is 0 Å². The Balaban J connectivity index is 2.49. The van der Waals surface area contributed by atoms with Crippen molar-refractivity contribution in [1.29, 1.82) is 0 Å². The average Bonchev–Trinajstić information content (AvgIpc) is 2.81. The molecule has 0 unspecified atom stereocenters. The maximum atomic E-state index is 15.7. The highest BCUT2D eigenvalue weighted by Crippen LogP contribution is 2.40. The van der Waals surface area contributed by atoms with E-state index in [0.29, 0.717) is 6.42 Å². The van der Waals surface area contributed by atoms with E-state index in [4.69, 9.17) is 9.47 Å². The Kier molecular flexibility index (Phi) is 8.95. The molecule has 0 saturated carbocycles. The van der Waals surface area contributed by atoms with Crippen LogP contribution < -0.4 is 0 Å². The molecule has 2 rings (SSSR count). The normalized spacial score (nSPS) is 18.8. The van der Waals surface area contributed by atoms with Crippen molar-refractivity contribution < 1.29 is 38.1 Å². The second-order valence-corrected chi connectivity index (χ2v) is 7.57. The summed E-state index contributed by atoms with van der Waals surface area (Å²) in [6, 6.07) is 4.03. The molecule has 34 heavy (non-hydrogen) atoms. The topological polar surface area (TPSA) is 160 Å². The van der Waals surface area contributed by atoms with Crippen LogP contribution in [-0.4, -0.2) is 47.0 Å². The lowest BCUT2D eigenvalue weighted by Crippen LogP contribution is -2.47. The highest BCUT2D eigenvalue weighted by atomic mass is 79.9. The molecule has 0 spiro atoms. The maximum Gasteiger partial charge on any atom is 0.463 e. The fourth-order valence-corrected chi connectivity index (χ4v) is 3.39. The van der Waals surface area contributed by atoms with Gasteiger partial charge in [-0.25, -0.2) is 9.59 Å². The minimum absolute atomic E-state index is 0.0367. The number of carbonyl (C=O) groups excluding carboxylic acids is 2. The molecular formula is C20H19BrFN3O9. The number of alkyl halides is 1. The first kappa shape index (κ1) is 26.6. The number of nitro benzene ring substituents is 1. The molecule has 14 heteroatoms. The number of unbranched alkanes of at least 4 members (excludes halogenated alkanes) is 2. The number of hydrogen-bond donors (Lipinski definition) is 0. The lowest BCUT2D eigenvalue weighted by molar-refractivity contribution is -0.573. The van der Waals surface area contributed by atoms with Crippen LogP contribution in [-0.2, 0) is 19.1 Å². The number of nitro groups is 2. The van der Waals surface area contributed by atoms with Gasteiger partial charge in [0, 0.05) is 12.1 Å². The second kappa shape index (κ2) is 11.4. The Bertz CT molecular complexity index is 1090. The molecule has 0 bridgehead atoms. The van der Waals surface area contributed by atoms with Crippen molar-refractivity contribution in [2.45, 2.75) is 32.0 Å². The molecule has 0 amide bonds. The second-order valence-electron chi connectivity index (χ2n) is 6.78. The summed E-state index contributed by atoms with van der Waals surface area (Å²) >= 11 is 2.90. The molecule has 0 aromatic heterocycles. The van der Waals surface area contributed by atoms with Crippen LogP contribution in [0.1, 0.15) is 36.5 Å². The zero-order chi connectivity index (χ0) is 25.5. The van der Waals surface area contributed by atoms with E-state index >= 15 is 4.39 Å². The highest BCUT2D eigenvalue weighted by Gasteiger charge is 2.60. The van der Waals surface area contributed by atoms with E-state index in [1.165, 1.54) is 0 Å². The average molecular weight is 544 g/mol. The molecule has 0 aliphatic heterocycles. The number of benzene rings is 1. The first-order chi connectivity index (χ1) is 16.1. The van der Waals surface area contributed by atoms with Gasteiger partial charge in [0.1, 0.15) is 7.11 Å². The lowest BCUT2D eigenvalue weighted by Gasteiger charge is -2.24. The van der Waals surface area contributed by atoms with Gasteiger partial charge in [-0.2, -0.15) is 4.39 Å². The van der Waals surface area contributed by atoms with Crippen LogP contribution in [0.2, 0.25) is 0 Å². The van der Waals surface area contributed by atoms with Gasteiger partial charge in [-0.05, 0) is 40.6 Å². The summed E-state index contributed by atoms with van der Waals surface area (Å²) in [4.78, 5) is 50.0. The largest absolute Gasteiger partial charge is 0.463 e. The summed E-state index contributed by atoms with van der Waals surface area (Å²) in [5, 5.41) is 25.8. The van der Waals surface area contributed by atoms with Crippen molar-refractivity contribution in [2.75, 3.05) is 13.7 Å². The maximum absolute atomic E-state index is 15.7. The predicted molar refractivity (Wildman–Crippen MR) is 118 cm³/mol. The summed E-state index contributed by atoms with van der Waals surface area (Å²) in [6.45, 7) is 1.98. The molecule has 182 valence electrons. The molecule has 0 fully saturated rings. The minimum atomic E-state index is -3.71. The predicted octanol–water partition coefficient (Wildman–Crippen LogP) is 3.98. The Hall–Kier alpha value is -3.68. The summed E-state index contributed by atoms with van der Waals surface area (Å²) in [5.41, 5.74) is -1.97. The van der Waals surface area contributed by atoms with Gasteiger partial charge in [0.25, 0.3) is 5.69 Å². The van der Waals surface area contributed by atoms with Gasteiger partial charge < -0.3 is 14.3 Å². The van der Waals surface area contributed by atoms with E-state index in [9.17, 15) is 29.8 Å². The van der Waals surface area contributed by atoms with Crippen LogP contribution >= 0.6 is 15.9 Å². The first-order valence-corrected chi connectivity index (χ1v) is 10.6. The summed E-state index contributed by atoms with van der Waals surface area (Å²) in [7, 11) is 1.000. The number of oxime groups is 1. The number of rotatable bonds is 10. The summed E-state index contributed by atoms with van der Waals surface area (Å²) < 4.78 is 25.3. The zero-order valence-electron chi connectivity index (χ0n) is 18.0. The Morgan fingerprint density at radius 3 is 2.32 bits per heavy atom. The molecule has 0 N–H and O–H groups in total. The number of nitrogens with zero attached hydrogens (tertiary/aromatic N) is 3. The molecule has 1 aliphatic rings. The van der Waals surface area contributed by atoms with E-state index in [0.717, 1.165) is 50.3 Å². The molecular weight excluding hydrogens is 525 g/mol. The fraction of sp³-hybridized carbons (Fsp3) is 0.350. The molecule has 0 heterocycles. The molecule has 1 atom stereocenters. The van der Waals surface area contributed by atoms with Gasteiger partial charge in [-0.1, -0.05) is 24.9 Å². The van der Waals surface area contributed by atoms with Gasteiger partial charge in [-0.15, -0.1) is 0 Å². The number of non-ortho nitro benzene ring substituents is 1. The van der Waals surface area contributed by atoms with E-state index in [1.807, 2.05) is 6.92 Å². The van der Waals surface area contributed by atoms with E-state index in [2.05, 4.69) is 25.9 Å². The third-order valence-corrected chi connectivity index (χ3v) is 5.30. The number of halogens is 2. The summed E-state index contributed by atoms with van der Waals surface area (Å²) in [6.07, 6.45) is 2.96. The van der Waals surface area contributed by atoms with Crippen LogP contribution in [0.3, 0.4) is 0 Å². The van der Waals surface area contributed by atoms with Crippen LogP contribution in [0.4, 0.5) is 10.1 Å². The summed E-state index contributed by atoms with van der Waals surface area (Å²) in [5.74, 6) is -7.15. The Morgan fingerprint density at radius 2 is 1.79 bits per heavy atom. The van der Waals surface area contributed by atoms with Crippen molar-refractivity contribution in [3.05, 3.63) is 71.9 Å². The standard InChI is InChI=1S/C20H19BrFN3O9/c1-3-4-5-10-33-19(27)14-11-15(23-32-2)20(22,25(30)31)17(16(14)21)34-18(26)12-6-8-13(9-7-12)24(28)29/h6-9,11H,3-5,10H2,1-2H3/t20-/m0/s1. The van der Waals surface area contributed by atoms with Gasteiger partial charge in [-0.3, -0.25) is 20.2 Å². The van der Waals surface area contributed by atoms with Crippen LogP contribution in [0.15, 0.2) is 51.3 Å². The smallest absolute Gasteiger partial charge is 0.462 e. The van der Waals surface area contributed by atoms with Gasteiger partial charge in [0.15, 0.2) is 5.71 Å². The molecule has 0 saturated heterocycles. The monoisotopic (exact) mass is 543 g/mol. The zero-order valence-corrected chi connectivity index (χ0v) is 19.6. The number of ether oxygens (including phenoxy) is 2. The molecule has 0 radical (unpaired) electrons. The Morgan fingerprint density at radius 1 is 1.15 bits per heavy atom. The van der Waals surface area contributed by atoms with E-state index < -0.39 is 49.1 Å². The van der Waals surface area contributed by atoms with Gasteiger partial charge >= 0.3 is 17.7 Å². The van der Waals surface area contributed by atoms with Crippen molar-refractivity contribution in [3.63, 3.8) is 0 Å². The highest BCUT2D eigenvalue weighted by molar-refractivity contribution is 9.12. The lowest BCUT2D eigenvalue weighted by atomic mass is 9.96. The van der Waals surface area contributed by atoms with E-state index in [1.54, 1.807) is 0 Å². The quantitative estimate of drug-likeness (QED) is 0.140. The SMILES string of the molecule is CCCCCOC(=O)C1=CC(=NOC)[C@](F)([N+](=O)[O-])C(OC(=O)c2ccc([N+](=O)[O-])cc2)=C1Br. The van der Waals surface area contributed by atoms with Crippen molar-refractivity contribution >= 4 is 39.3 Å². The third-order valence-electron chi connectivity index (χ3n) is 4.51. The number of esters is 2. The van der Waals surface area contributed by atoms with Crippen LogP contribution in [0.5, 0.6) is 0 Å². The van der Waals surface area contributed by atoms with Gasteiger partial charge in [0.2, 0.25) is 5.76 Å². The van der Waals surface area contributed by atoms with E-state index in [-0.39, 0.29) is 17.9 Å². The third kappa shape index (κ3) is 5.62. The number of carbonyl (C=O) groups is 2. The minimum Gasteiger partial charge on any atom is -0.462 e.